The quantitative estimate of drug-likeness (QED) is 0.601. The van der Waals surface area contributed by atoms with Crippen LogP contribution in [0.25, 0.3) is 26.1 Å². The Labute approximate surface area is 152 Å². The predicted octanol–water partition coefficient (Wildman–Crippen LogP) is 2.76. The fourth-order valence-corrected chi connectivity index (χ4v) is 4.30. The lowest BCUT2D eigenvalue weighted by molar-refractivity contribution is 0.357. The van der Waals surface area contributed by atoms with E-state index in [-0.39, 0.29) is 5.56 Å². The van der Waals surface area contributed by atoms with Gasteiger partial charge in [0.1, 0.15) is 39.3 Å². The van der Waals surface area contributed by atoms with E-state index >= 15 is 0 Å². The van der Waals surface area contributed by atoms with E-state index < -0.39 is 0 Å². The van der Waals surface area contributed by atoms with Crippen LogP contribution >= 0.6 is 11.3 Å². The summed E-state index contributed by atoms with van der Waals surface area (Å²) in [5.74, 6) is 1.60. The maximum Gasteiger partial charge on any atom is 0.275 e. The van der Waals surface area contributed by atoms with Gasteiger partial charge >= 0.3 is 0 Å². The van der Waals surface area contributed by atoms with Crippen molar-refractivity contribution in [3.63, 3.8) is 0 Å². The Bertz CT molecular complexity index is 1210. The van der Waals surface area contributed by atoms with Crippen molar-refractivity contribution in [2.75, 3.05) is 18.5 Å². The minimum atomic E-state index is -0.0979. The SMILES string of the molecule is CCNc1ncnc2sc3c(=O)n(-c4ccc5c(c4)CCO5)cnc3c12. The third kappa shape index (κ3) is 2.19. The summed E-state index contributed by atoms with van der Waals surface area (Å²) in [4.78, 5) is 27.0. The monoisotopic (exact) mass is 365 g/mol. The first kappa shape index (κ1) is 15.3. The fraction of sp³-hybridized carbons (Fsp3) is 0.222. The molecule has 8 heteroatoms. The second kappa shape index (κ2) is 5.77. The number of nitrogens with one attached hydrogen (secondary N) is 1. The molecule has 3 aromatic heterocycles. The number of anilines is 1. The van der Waals surface area contributed by atoms with E-state index in [0.717, 1.165) is 40.2 Å². The van der Waals surface area contributed by atoms with Crippen LogP contribution in [0.15, 0.2) is 35.6 Å². The molecular formula is C18H15N5O2S. The summed E-state index contributed by atoms with van der Waals surface area (Å²) < 4.78 is 7.71. The van der Waals surface area contributed by atoms with Gasteiger partial charge in [0.05, 0.1) is 17.7 Å². The molecule has 1 aliphatic rings. The van der Waals surface area contributed by atoms with Crippen molar-refractivity contribution in [3.8, 4) is 11.4 Å². The van der Waals surface area contributed by atoms with Crippen molar-refractivity contribution >= 4 is 37.6 Å². The van der Waals surface area contributed by atoms with Crippen LogP contribution in [0, 0.1) is 0 Å². The van der Waals surface area contributed by atoms with Gasteiger partial charge in [0.15, 0.2) is 0 Å². The van der Waals surface area contributed by atoms with E-state index in [1.54, 1.807) is 10.9 Å². The number of fused-ring (bicyclic) bond motifs is 4. The molecule has 0 bridgehead atoms. The lowest BCUT2D eigenvalue weighted by Crippen LogP contribution is -2.17. The van der Waals surface area contributed by atoms with Gasteiger partial charge in [0, 0.05) is 13.0 Å². The fourth-order valence-electron chi connectivity index (χ4n) is 3.27. The minimum Gasteiger partial charge on any atom is -0.493 e. The highest BCUT2D eigenvalue weighted by Crippen LogP contribution is 2.33. The molecular weight excluding hydrogens is 350 g/mol. The standard InChI is InChI=1S/C18H15N5O2S/c1-2-19-16-13-14-15(26-17(13)21-8-20-16)18(24)23(9-22-14)11-3-4-12-10(7-11)5-6-25-12/h3-4,7-9H,2,5-6H2,1H3,(H,19,20,21). The van der Waals surface area contributed by atoms with E-state index in [2.05, 4.69) is 20.3 Å². The summed E-state index contributed by atoms with van der Waals surface area (Å²) in [5.41, 5.74) is 2.46. The van der Waals surface area contributed by atoms with Crippen LogP contribution < -0.4 is 15.6 Å². The highest BCUT2D eigenvalue weighted by atomic mass is 32.1. The lowest BCUT2D eigenvalue weighted by Gasteiger charge is -2.07. The third-order valence-corrected chi connectivity index (χ3v) is 5.55. The molecule has 1 aromatic carbocycles. The van der Waals surface area contributed by atoms with Gasteiger partial charge in [-0.15, -0.1) is 11.3 Å². The summed E-state index contributed by atoms with van der Waals surface area (Å²) >= 11 is 1.35. The van der Waals surface area contributed by atoms with Crippen molar-refractivity contribution < 1.29 is 4.74 Å². The summed E-state index contributed by atoms with van der Waals surface area (Å²) in [7, 11) is 0. The van der Waals surface area contributed by atoms with Crippen LogP contribution in [0.3, 0.4) is 0 Å². The van der Waals surface area contributed by atoms with Crippen LogP contribution in [0.5, 0.6) is 5.75 Å². The average molecular weight is 365 g/mol. The zero-order valence-electron chi connectivity index (χ0n) is 14.0. The molecule has 0 amide bonds. The predicted molar refractivity (Wildman–Crippen MR) is 102 cm³/mol. The Morgan fingerprint density at radius 2 is 2.23 bits per heavy atom. The summed E-state index contributed by atoms with van der Waals surface area (Å²) in [6.07, 6.45) is 3.95. The molecule has 0 atom stereocenters. The molecule has 0 spiro atoms. The van der Waals surface area contributed by atoms with Crippen LogP contribution in [-0.2, 0) is 6.42 Å². The lowest BCUT2D eigenvalue weighted by atomic mass is 10.1. The molecule has 0 fully saturated rings. The molecule has 7 nitrogen and oxygen atoms in total. The zero-order chi connectivity index (χ0) is 17.7. The topological polar surface area (TPSA) is 81.9 Å². The Balaban J connectivity index is 1.74. The van der Waals surface area contributed by atoms with Crippen molar-refractivity contribution in [2.45, 2.75) is 13.3 Å². The highest BCUT2D eigenvalue weighted by molar-refractivity contribution is 7.25. The molecule has 0 radical (unpaired) electrons. The Morgan fingerprint density at radius 1 is 1.31 bits per heavy atom. The van der Waals surface area contributed by atoms with Crippen LogP contribution in [0.4, 0.5) is 5.82 Å². The van der Waals surface area contributed by atoms with Gasteiger partial charge in [0.2, 0.25) is 0 Å². The maximum absolute atomic E-state index is 13.1. The molecule has 0 aliphatic carbocycles. The molecule has 0 saturated carbocycles. The molecule has 26 heavy (non-hydrogen) atoms. The second-order valence-corrected chi connectivity index (χ2v) is 7.02. The van der Waals surface area contributed by atoms with E-state index in [1.165, 1.54) is 17.7 Å². The molecule has 0 unspecified atom stereocenters. The van der Waals surface area contributed by atoms with Gasteiger partial charge in [0.25, 0.3) is 5.56 Å². The van der Waals surface area contributed by atoms with Crippen molar-refractivity contribution in [3.05, 3.63) is 46.8 Å². The highest BCUT2D eigenvalue weighted by Gasteiger charge is 2.18. The van der Waals surface area contributed by atoms with Gasteiger partial charge in [-0.2, -0.15) is 0 Å². The van der Waals surface area contributed by atoms with Gasteiger partial charge < -0.3 is 10.1 Å². The van der Waals surface area contributed by atoms with Crippen molar-refractivity contribution in [1.82, 2.24) is 19.5 Å². The first-order chi connectivity index (χ1) is 12.8. The van der Waals surface area contributed by atoms with Gasteiger partial charge in [-0.1, -0.05) is 0 Å². The number of rotatable bonds is 3. The first-order valence-electron chi connectivity index (χ1n) is 8.41. The van der Waals surface area contributed by atoms with Gasteiger partial charge in [-0.3, -0.25) is 9.36 Å². The second-order valence-electron chi connectivity index (χ2n) is 6.02. The van der Waals surface area contributed by atoms with E-state index in [4.69, 9.17) is 4.74 Å². The summed E-state index contributed by atoms with van der Waals surface area (Å²) in [6.45, 7) is 3.42. The van der Waals surface area contributed by atoms with E-state index in [9.17, 15) is 4.79 Å². The summed E-state index contributed by atoms with van der Waals surface area (Å²) in [6, 6.07) is 5.79. The number of nitrogens with zero attached hydrogens (tertiary/aromatic N) is 4. The molecule has 0 saturated heterocycles. The number of benzene rings is 1. The number of thiophene rings is 1. The molecule has 4 heterocycles. The number of hydrogen-bond acceptors (Lipinski definition) is 7. The average Bonchev–Trinajstić information content (AvgIpc) is 3.27. The van der Waals surface area contributed by atoms with E-state index in [0.29, 0.717) is 22.6 Å². The molecule has 1 N–H and O–H groups in total. The van der Waals surface area contributed by atoms with Gasteiger partial charge in [-0.25, -0.2) is 15.0 Å². The normalized spacial score (nSPS) is 13.1. The Hall–Kier alpha value is -3.00. The largest absolute Gasteiger partial charge is 0.493 e. The smallest absolute Gasteiger partial charge is 0.275 e. The van der Waals surface area contributed by atoms with Crippen LogP contribution in [0.1, 0.15) is 12.5 Å². The third-order valence-electron chi connectivity index (χ3n) is 4.47. The number of hydrogen-bond donors (Lipinski definition) is 1. The molecule has 5 rings (SSSR count). The van der Waals surface area contributed by atoms with Crippen molar-refractivity contribution in [1.29, 1.82) is 0 Å². The Morgan fingerprint density at radius 3 is 3.12 bits per heavy atom. The van der Waals surface area contributed by atoms with Crippen molar-refractivity contribution in [2.24, 2.45) is 0 Å². The number of aromatic nitrogens is 4. The first-order valence-corrected chi connectivity index (χ1v) is 9.22. The molecule has 1 aliphatic heterocycles. The van der Waals surface area contributed by atoms with E-state index in [1.807, 2.05) is 25.1 Å². The number of ether oxygens (including phenoxy) is 1. The summed E-state index contributed by atoms with van der Waals surface area (Å²) in [5, 5.41) is 4.02. The maximum atomic E-state index is 13.1. The van der Waals surface area contributed by atoms with Crippen LogP contribution in [-0.4, -0.2) is 32.7 Å². The Kier molecular flexibility index (Phi) is 3.39. The van der Waals surface area contributed by atoms with Crippen LogP contribution in [0.2, 0.25) is 0 Å². The molecule has 4 aromatic rings. The van der Waals surface area contributed by atoms with Gasteiger partial charge in [-0.05, 0) is 30.7 Å². The molecule has 130 valence electrons. The zero-order valence-corrected chi connectivity index (χ0v) is 14.8. The minimum absolute atomic E-state index is 0.0979.